The first kappa shape index (κ1) is 10.9. The molecule has 3 unspecified atom stereocenters. The van der Waals surface area contributed by atoms with Gasteiger partial charge in [-0.3, -0.25) is 4.79 Å². The summed E-state index contributed by atoms with van der Waals surface area (Å²) in [5.41, 5.74) is 0. The number of rotatable bonds is 3. The molecule has 0 aliphatic carbocycles. The topological polar surface area (TPSA) is 35.6 Å². The maximum Gasteiger partial charge on any atom is 0.236 e. The van der Waals surface area contributed by atoms with Gasteiger partial charge in [-0.15, -0.1) is 0 Å². The van der Waals surface area contributed by atoms with Crippen molar-refractivity contribution in [1.82, 2.24) is 15.1 Å². The molecule has 86 valence electrons. The Morgan fingerprint density at radius 3 is 2.87 bits per heavy atom. The molecule has 15 heavy (non-hydrogen) atoms. The molecule has 2 aliphatic heterocycles. The minimum Gasteiger partial charge on any atom is -0.348 e. The third-order valence-electron chi connectivity index (χ3n) is 3.65. The van der Waals surface area contributed by atoms with Crippen molar-refractivity contribution >= 4 is 5.91 Å². The Balaban J connectivity index is 1.77. The second kappa shape index (κ2) is 4.49. The van der Waals surface area contributed by atoms with Crippen LogP contribution in [-0.4, -0.2) is 62.0 Å². The lowest BCUT2D eigenvalue weighted by molar-refractivity contribution is -0.127. The number of fused-ring (bicyclic) bond motifs is 2. The average molecular weight is 211 g/mol. The molecule has 2 fully saturated rings. The highest BCUT2D eigenvalue weighted by Crippen LogP contribution is 2.26. The SMILES string of the molecule is CN(C)C(=O)CNC1CCN2CCC1C2. The van der Waals surface area contributed by atoms with Gasteiger partial charge in [-0.25, -0.2) is 0 Å². The van der Waals surface area contributed by atoms with E-state index in [0.717, 1.165) is 5.92 Å². The molecule has 0 aromatic heterocycles. The summed E-state index contributed by atoms with van der Waals surface area (Å²) < 4.78 is 0. The number of hydrogen-bond acceptors (Lipinski definition) is 3. The lowest BCUT2D eigenvalue weighted by Crippen LogP contribution is -2.47. The third-order valence-corrected chi connectivity index (χ3v) is 3.65. The molecule has 0 spiro atoms. The Morgan fingerprint density at radius 1 is 1.40 bits per heavy atom. The number of carbonyl (C=O) groups excluding carboxylic acids is 1. The molecular weight excluding hydrogens is 190 g/mol. The van der Waals surface area contributed by atoms with E-state index in [1.807, 2.05) is 14.1 Å². The first-order valence-electron chi connectivity index (χ1n) is 5.82. The molecule has 4 nitrogen and oxygen atoms in total. The van der Waals surface area contributed by atoms with Crippen molar-refractivity contribution in [2.45, 2.75) is 18.9 Å². The van der Waals surface area contributed by atoms with E-state index in [2.05, 4.69) is 10.2 Å². The fourth-order valence-corrected chi connectivity index (χ4v) is 2.60. The summed E-state index contributed by atoms with van der Waals surface area (Å²) in [5, 5.41) is 3.41. The van der Waals surface area contributed by atoms with E-state index < -0.39 is 0 Å². The standard InChI is InChI=1S/C11H21N3O/c1-13(2)11(15)7-12-10-4-6-14-5-3-9(10)8-14/h9-10,12H,3-8H2,1-2H3. The van der Waals surface area contributed by atoms with Gasteiger partial charge in [0.05, 0.1) is 6.54 Å². The van der Waals surface area contributed by atoms with Crippen molar-refractivity contribution in [3.05, 3.63) is 0 Å². The van der Waals surface area contributed by atoms with Gasteiger partial charge in [0.25, 0.3) is 0 Å². The summed E-state index contributed by atoms with van der Waals surface area (Å²) in [4.78, 5) is 15.6. The molecule has 2 rings (SSSR count). The number of piperidine rings is 1. The van der Waals surface area contributed by atoms with Crippen molar-refractivity contribution in [3.8, 4) is 0 Å². The van der Waals surface area contributed by atoms with Gasteiger partial charge < -0.3 is 15.1 Å². The van der Waals surface area contributed by atoms with Gasteiger partial charge >= 0.3 is 0 Å². The van der Waals surface area contributed by atoms with Crippen LogP contribution in [0.15, 0.2) is 0 Å². The molecule has 0 aromatic rings. The number of carbonyl (C=O) groups is 1. The van der Waals surface area contributed by atoms with Gasteiger partial charge in [-0.2, -0.15) is 0 Å². The Morgan fingerprint density at radius 2 is 2.13 bits per heavy atom. The second-order valence-corrected chi connectivity index (χ2v) is 4.91. The van der Waals surface area contributed by atoms with E-state index in [1.54, 1.807) is 4.90 Å². The molecule has 4 heteroatoms. The van der Waals surface area contributed by atoms with Crippen molar-refractivity contribution in [2.24, 2.45) is 5.92 Å². The van der Waals surface area contributed by atoms with Crippen LogP contribution in [0.25, 0.3) is 0 Å². The molecule has 2 aliphatic rings. The zero-order valence-electron chi connectivity index (χ0n) is 9.70. The number of nitrogens with one attached hydrogen (secondary N) is 1. The molecule has 2 saturated heterocycles. The second-order valence-electron chi connectivity index (χ2n) is 4.91. The van der Waals surface area contributed by atoms with E-state index in [4.69, 9.17) is 0 Å². The minimum absolute atomic E-state index is 0.176. The fourth-order valence-electron chi connectivity index (χ4n) is 2.60. The van der Waals surface area contributed by atoms with Crippen molar-refractivity contribution in [2.75, 3.05) is 40.3 Å². The van der Waals surface area contributed by atoms with Crippen LogP contribution in [0.4, 0.5) is 0 Å². The Labute approximate surface area is 91.6 Å². The van der Waals surface area contributed by atoms with E-state index in [0.29, 0.717) is 12.6 Å². The van der Waals surface area contributed by atoms with Gasteiger partial charge in [-0.1, -0.05) is 0 Å². The zero-order valence-corrected chi connectivity index (χ0v) is 9.70. The predicted molar refractivity (Wildman–Crippen MR) is 59.6 cm³/mol. The van der Waals surface area contributed by atoms with Gasteiger partial charge in [0.1, 0.15) is 0 Å². The lowest BCUT2D eigenvalue weighted by atomic mass is 9.94. The predicted octanol–water partition coefficient (Wildman–Crippen LogP) is -0.242. The molecule has 0 aromatic carbocycles. The van der Waals surface area contributed by atoms with E-state index >= 15 is 0 Å². The molecule has 1 N–H and O–H groups in total. The van der Waals surface area contributed by atoms with Gasteiger partial charge in [0.2, 0.25) is 5.91 Å². The average Bonchev–Trinajstić information content (AvgIpc) is 2.59. The van der Waals surface area contributed by atoms with Crippen LogP contribution in [0.2, 0.25) is 0 Å². The summed E-state index contributed by atoms with van der Waals surface area (Å²) in [7, 11) is 3.62. The minimum atomic E-state index is 0.176. The first-order chi connectivity index (χ1) is 7.16. The molecule has 3 atom stereocenters. The fraction of sp³-hybridized carbons (Fsp3) is 0.909. The summed E-state index contributed by atoms with van der Waals surface area (Å²) in [6, 6.07) is 0.563. The highest BCUT2D eigenvalue weighted by Gasteiger charge is 2.33. The van der Waals surface area contributed by atoms with Crippen LogP contribution in [0.5, 0.6) is 0 Å². The Hall–Kier alpha value is -0.610. The van der Waals surface area contributed by atoms with Crippen LogP contribution in [0.1, 0.15) is 12.8 Å². The maximum absolute atomic E-state index is 11.4. The molecule has 2 heterocycles. The van der Waals surface area contributed by atoms with Crippen LogP contribution in [0.3, 0.4) is 0 Å². The van der Waals surface area contributed by atoms with Crippen LogP contribution in [-0.2, 0) is 4.79 Å². The Kier molecular flexibility index (Phi) is 3.26. The van der Waals surface area contributed by atoms with E-state index in [9.17, 15) is 4.79 Å². The molecule has 0 saturated carbocycles. The van der Waals surface area contributed by atoms with Crippen LogP contribution in [0, 0.1) is 5.92 Å². The normalized spacial score (nSPS) is 34.1. The first-order valence-corrected chi connectivity index (χ1v) is 5.82. The number of hydrogen-bond donors (Lipinski definition) is 1. The third kappa shape index (κ3) is 2.49. The quantitative estimate of drug-likeness (QED) is 0.700. The van der Waals surface area contributed by atoms with Gasteiger partial charge in [0, 0.05) is 26.7 Å². The smallest absolute Gasteiger partial charge is 0.236 e. The molecular formula is C11H21N3O. The van der Waals surface area contributed by atoms with Crippen molar-refractivity contribution in [1.29, 1.82) is 0 Å². The maximum atomic E-state index is 11.4. The van der Waals surface area contributed by atoms with E-state index in [1.165, 1.54) is 32.5 Å². The molecule has 1 amide bonds. The Bertz CT molecular complexity index is 242. The van der Waals surface area contributed by atoms with Gasteiger partial charge in [-0.05, 0) is 31.8 Å². The summed E-state index contributed by atoms with van der Waals surface area (Å²) in [6.45, 7) is 4.18. The lowest BCUT2D eigenvalue weighted by Gasteiger charge is -2.31. The molecule has 0 radical (unpaired) electrons. The van der Waals surface area contributed by atoms with Crippen molar-refractivity contribution in [3.63, 3.8) is 0 Å². The zero-order chi connectivity index (χ0) is 10.8. The highest BCUT2D eigenvalue weighted by molar-refractivity contribution is 5.77. The number of likely N-dealkylation sites (N-methyl/N-ethyl adjacent to an activating group) is 1. The van der Waals surface area contributed by atoms with Crippen LogP contribution >= 0.6 is 0 Å². The van der Waals surface area contributed by atoms with Gasteiger partial charge in [0.15, 0.2) is 0 Å². The van der Waals surface area contributed by atoms with Crippen molar-refractivity contribution < 1.29 is 4.79 Å². The summed E-state index contributed by atoms with van der Waals surface area (Å²) in [6.07, 6.45) is 2.50. The highest BCUT2D eigenvalue weighted by atomic mass is 16.2. The summed E-state index contributed by atoms with van der Waals surface area (Å²) in [5.74, 6) is 0.948. The number of amides is 1. The largest absolute Gasteiger partial charge is 0.348 e. The van der Waals surface area contributed by atoms with E-state index in [-0.39, 0.29) is 5.91 Å². The van der Waals surface area contributed by atoms with Crippen LogP contribution < -0.4 is 5.32 Å². The number of nitrogens with zero attached hydrogens (tertiary/aromatic N) is 2. The monoisotopic (exact) mass is 211 g/mol. The molecule has 2 bridgehead atoms. The summed E-state index contributed by atoms with van der Waals surface area (Å²) >= 11 is 0.